The van der Waals surface area contributed by atoms with E-state index in [1.54, 1.807) is 6.07 Å². The number of hydrogen-bond acceptors (Lipinski definition) is 3. The van der Waals surface area contributed by atoms with Gasteiger partial charge in [-0.05, 0) is 24.3 Å². The highest BCUT2D eigenvalue weighted by Crippen LogP contribution is 2.26. The molecule has 2 rings (SSSR count). The number of aromatic amines is 1. The lowest BCUT2D eigenvalue weighted by Crippen LogP contribution is -2.19. The van der Waals surface area contributed by atoms with E-state index in [0.717, 1.165) is 6.07 Å². The van der Waals surface area contributed by atoms with Crippen LogP contribution in [0.1, 0.15) is 16.1 Å². The van der Waals surface area contributed by atoms with Crippen molar-refractivity contribution in [1.29, 1.82) is 5.26 Å². The van der Waals surface area contributed by atoms with E-state index in [9.17, 15) is 18.0 Å². The topological polar surface area (TPSA) is 77.9 Å². The van der Waals surface area contributed by atoms with Gasteiger partial charge in [-0.3, -0.25) is 4.79 Å². The van der Waals surface area contributed by atoms with E-state index in [1.165, 1.54) is 18.2 Å². The fourth-order valence-corrected chi connectivity index (χ4v) is 2.02. The number of ether oxygens (including phenoxy) is 1. The van der Waals surface area contributed by atoms with Crippen molar-refractivity contribution < 1.29 is 22.7 Å². The molecule has 0 spiro atoms. The molecule has 1 heterocycles. The van der Waals surface area contributed by atoms with Crippen molar-refractivity contribution in [2.24, 2.45) is 0 Å². The number of nitriles is 1. The van der Waals surface area contributed by atoms with E-state index in [1.807, 2.05) is 0 Å². The Hall–Kier alpha value is -2.37. The second-order valence-electron chi connectivity index (χ2n) is 4.53. The van der Waals surface area contributed by atoms with Gasteiger partial charge in [0.15, 0.2) is 6.61 Å². The standard InChI is InChI=1S/C14H8Cl2F3N3O2/c15-9-4-10(22-12(9)16)13(23)21-8-1-2-11(7(3-8)5-20)24-6-14(17,18)19/h1-4,22H,6H2,(H,21,23). The maximum Gasteiger partial charge on any atom is 0.422 e. The molecule has 0 aliphatic carbocycles. The number of nitrogens with zero attached hydrogens (tertiary/aromatic N) is 1. The van der Waals surface area contributed by atoms with Crippen molar-refractivity contribution in [3.63, 3.8) is 0 Å². The molecule has 0 saturated heterocycles. The minimum atomic E-state index is -4.52. The van der Waals surface area contributed by atoms with Crippen LogP contribution in [0, 0.1) is 11.3 Å². The molecule has 0 saturated carbocycles. The van der Waals surface area contributed by atoms with Crippen molar-refractivity contribution in [3.8, 4) is 11.8 Å². The van der Waals surface area contributed by atoms with Crippen molar-refractivity contribution in [2.75, 3.05) is 11.9 Å². The van der Waals surface area contributed by atoms with Gasteiger partial charge >= 0.3 is 6.18 Å². The number of aromatic nitrogens is 1. The van der Waals surface area contributed by atoms with Gasteiger partial charge in [0.2, 0.25) is 0 Å². The summed E-state index contributed by atoms with van der Waals surface area (Å²) in [5.74, 6) is -0.824. The van der Waals surface area contributed by atoms with Crippen molar-refractivity contribution in [1.82, 2.24) is 4.98 Å². The summed E-state index contributed by atoms with van der Waals surface area (Å²) in [6.45, 7) is -1.52. The smallest absolute Gasteiger partial charge is 0.422 e. The van der Waals surface area contributed by atoms with E-state index < -0.39 is 18.7 Å². The van der Waals surface area contributed by atoms with Crippen molar-refractivity contribution >= 4 is 34.8 Å². The van der Waals surface area contributed by atoms with Crippen molar-refractivity contribution in [3.05, 3.63) is 45.7 Å². The van der Waals surface area contributed by atoms with Gasteiger partial charge in [0, 0.05) is 5.69 Å². The molecule has 24 heavy (non-hydrogen) atoms. The number of amides is 1. The molecule has 0 unspecified atom stereocenters. The van der Waals surface area contributed by atoms with E-state index in [4.69, 9.17) is 28.5 Å². The molecule has 0 atom stereocenters. The van der Waals surface area contributed by atoms with Gasteiger partial charge in [-0.15, -0.1) is 0 Å². The number of nitrogens with one attached hydrogen (secondary N) is 2. The van der Waals surface area contributed by atoms with Crippen LogP contribution in [0.5, 0.6) is 5.75 Å². The van der Waals surface area contributed by atoms with Gasteiger partial charge in [-0.25, -0.2) is 0 Å². The number of H-pyrrole nitrogens is 1. The highest BCUT2D eigenvalue weighted by Gasteiger charge is 2.28. The molecular formula is C14H8Cl2F3N3O2. The van der Waals surface area contributed by atoms with Gasteiger partial charge in [0.1, 0.15) is 22.7 Å². The van der Waals surface area contributed by atoms with Crippen LogP contribution in [0.25, 0.3) is 0 Å². The van der Waals surface area contributed by atoms with Crippen LogP contribution >= 0.6 is 23.2 Å². The van der Waals surface area contributed by atoms with Gasteiger partial charge in [-0.2, -0.15) is 18.4 Å². The summed E-state index contributed by atoms with van der Waals surface area (Å²) in [6, 6.07) is 6.67. The highest BCUT2D eigenvalue weighted by molar-refractivity contribution is 6.41. The molecule has 1 aromatic carbocycles. The number of rotatable bonds is 4. The summed E-state index contributed by atoms with van der Waals surface area (Å²) in [4.78, 5) is 14.5. The minimum Gasteiger partial charge on any atom is -0.483 e. The fourth-order valence-electron chi connectivity index (χ4n) is 1.71. The molecule has 126 valence electrons. The minimum absolute atomic E-state index is 0.0842. The zero-order chi connectivity index (χ0) is 17.9. The lowest BCUT2D eigenvalue weighted by molar-refractivity contribution is -0.153. The Morgan fingerprint density at radius 3 is 2.58 bits per heavy atom. The van der Waals surface area contributed by atoms with E-state index >= 15 is 0 Å². The third-order valence-corrected chi connectivity index (χ3v) is 3.41. The summed E-state index contributed by atoms with van der Waals surface area (Å²) < 4.78 is 41.0. The van der Waals surface area contributed by atoms with Crippen LogP contribution in [0.15, 0.2) is 24.3 Å². The second-order valence-corrected chi connectivity index (χ2v) is 5.31. The lowest BCUT2D eigenvalue weighted by Gasteiger charge is -2.11. The highest BCUT2D eigenvalue weighted by atomic mass is 35.5. The predicted molar refractivity (Wildman–Crippen MR) is 81.5 cm³/mol. The molecule has 0 radical (unpaired) electrons. The number of halogens is 5. The van der Waals surface area contributed by atoms with E-state index in [0.29, 0.717) is 0 Å². The first kappa shape index (κ1) is 18.0. The number of benzene rings is 1. The fraction of sp³-hybridized carbons (Fsp3) is 0.143. The molecule has 2 aromatic rings. The molecular weight excluding hydrogens is 370 g/mol. The lowest BCUT2D eigenvalue weighted by atomic mass is 10.2. The summed E-state index contributed by atoms with van der Waals surface area (Å²) in [5, 5.41) is 11.7. The first-order valence-corrected chi connectivity index (χ1v) is 7.04. The predicted octanol–water partition coefficient (Wildman–Crippen LogP) is 4.39. The Bertz CT molecular complexity index is 793. The van der Waals surface area contributed by atoms with Crippen LogP contribution in [-0.2, 0) is 0 Å². The van der Waals surface area contributed by atoms with Crippen LogP contribution in [0.3, 0.4) is 0 Å². The maximum atomic E-state index is 12.2. The Kier molecular flexibility index (Phi) is 5.26. The first-order valence-electron chi connectivity index (χ1n) is 6.28. The average molecular weight is 378 g/mol. The normalized spacial score (nSPS) is 11.0. The third kappa shape index (κ3) is 4.57. The summed E-state index contributed by atoms with van der Waals surface area (Å²) in [7, 11) is 0. The third-order valence-electron chi connectivity index (χ3n) is 2.72. The van der Waals surface area contributed by atoms with Gasteiger partial charge < -0.3 is 15.0 Å². The number of hydrogen-bond donors (Lipinski definition) is 2. The molecule has 0 aliphatic heterocycles. The molecule has 10 heteroatoms. The van der Waals surface area contributed by atoms with Crippen LogP contribution < -0.4 is 10.1 Å². The van der Waals surface area contributed by atoms with E-state index in [2.05, 4.69) is 15.0 Å². The zero-order valence-corrected chi connectivity index (χ0v) is 13.2. The Balaban J connectivity index is 2.14. The zero-order valence-electron chi connectivity index (χ0n) is 11.7. The number of alkyl halides is 3. The molecule has 0 aliphatic rings. The van der Waals surface area contributed by atoms with Gasteiger partial charge in [0.25, 0.3) is 5.91 Å². The quantitative estimate of drug-likeness (QED) is 0.829. The summed E-state index contributed by atoms with van der Waals surface area (Å²) >= 11 is 11.4. The average Bonchev–Trinajstić information content (AvgIpc) is 2.84. The Morgan fingerprint density at radius 2 is 2.04 bits per heavy atom. The second kappa shape index (κ2) is 7.03. The SMILES string of the molecule is N#Cc1cc(NC(=O)c2cc(Cl)c(Cl)[nH]2)ccc1OCC(F)(F)F. The molecule has 2 N–H and O–H groups in total. The summed E-state index contributed by atoms with van der Waals surface area (Å²) in [5.41, 5.74) is 0.123. The van der Waals surface area contributed by atoms with Crippen LogP contribution in [-0.4, -0.2) is 23.7 Å². The number of anilines is 1. The molecule has 5 nitrogen and oxygen atoms in total. The van der Waals surface area contributed by atoms with Crippen molar-refractivity contribution in [2.45, 2.75) is 6.18 Å². The molecule has 1 aromatic heterocycles. The number of carbonyl (C=O) groups is 1. The number of carbonyl (C=O) groups excluding carboxylic acids is 1. The van der Waals surface area contributed by atoms with E-state index in [-0.39, 0.29) is 32.9 Å². The first-order chi connectivity index (χ1) is 11.2. The summed E-state index contributed by atoms with van der Waals surface area (Å²) in [6.07, 6.45) is -4.52. The van der Waals surface area contributed by atoms with Crippen LogP contribution in [0.4, 0.5) is 18.9 Å². The monoisotopic (exact) mass is 377 g/mol. The maximum absolute atomic E-state index is 12.2. The molecule has 0 bridgehead atoms. The molecule has 1 amide bonds. The Labute approximate surface area is 143 Å². The largest absolute Gasteiger partial charge is 0.483 e. The Morgan fingerprint density at radius 1 is 1.33 bits per heavy atom. The van der Waals surface area contributed by atoms with Gasteiger partial charge in [0.05, 0.1) is 10.6 Å². The van der Waals surface area contributed by atoms with Gasteiger partial charge in [-0.1, -0.05) is 23.2 Å². The molecule has 0 fully saturated rings. The van der Waals surface area contributed by atoms with Crippen LogP contribution in [0.2, 0.25) is 10.2 Å².